The van der Waals surface area contributed by atoms with E-state index in [0.717, 1.165) is 54.9 Å². The van der Waals surface area contributed by atoms with E-state index in [4.69, 9.17) is 14.5 Å². The molecule has 0 spiro atoms. The van der Waals surface area contributed by atoms with Crippen LogP contribution in [0.3, 0.4) is 0 Å². The third-order valence-corrected chi connectivity index (χ3v) is 7.32. The van der Waals surface area contributed by atoms with Gasteiger partial charge in [-0.15, -0.1) is 5.10 Å². The second kappa shape index (κ2) is 9.59. The molecule has 35 heavy (non-hydrogen) atoms. The molecule has 0 aliphatic heterocycles. The Kier molecular flexibility index (Phi) is 6.36. The molecule has 2 aliphatic carbocycles. The van der Waals surface area contributed by atoms with E-state index in [1.165, 1.54) is 6.33 Å². The predicted octanol–water partition coefficient (Wildman–Crippen LogP) is 3.39. The van der Waals surface area contributed by atoms with Crippen LogP contribution in [-0.2, 0) is 24.9 Å². The van der Waals surface area contributed by atoms with Gasteiger partial charge in [-0.3, -0.25) is 4.79 Å². The van der Waals surface area contributed by atoms with E-state index in [9.17, 15) is 9.90 Å². The first-order valence-corrected chi connectivity index (χ1v) is 12.1. The zero-order valence-corrected chi connectivity index (χ0v) is 20.2. The summed E-state index contributed by atoms with van der Waals surface area (Å²) >= 11 is 0. The highest BCUT2D eigenvalue weighted by atomic mass is 16.5. The molecule has 0 bridgehead atoms. The van der Waals surface area contributed by atoms with Crippen molar-refractivity contribution >= 4 is 5.97 Å². The van der Waals surface area contributed by atoms with Crippen LogP contribution in [0, 0.1) is 24.7 Å². The van der Waals surface area contributed by atoms with Gasteiger partial charge in [-0.05, 0) is 63.0 Å². The minimum atomic E-state index is -0.672. The van der Waals surface area contributed by atoms with Gasteiger partial charge in [0.25, 0.3) is 0 Å². The van der Waals surface area contributed by atoms with Crippen LogP contribution in [0.5, 0.6) is 11.6 Å². The molecule has 10 nitrogen and oxygen atoms in total. The van der Waals surface area contributed by atoms with Gasteiger partial charge in [0.05, 0.1) is 23.4 Å². The quantitative estimate of drug-likeness (QED) is 0.518. The number of carboxylic acids is 1. The number of hydrogen-bond acceptors (Lipinski definition) is 8. The van der Waals surface area contributed by atoms with Gasteiger partial charge in [-0.1, -0.05) is 12.1 Å². The molecule has 0 aromatic carbocycles. The molecule has 2 aliphatic rings. The number of aromatic nitrogens is 6. The molecule has 0 unspecified atom stereocenters. The van der Waals surface area contributed by atoms with E-state index in [-0.39, 0.29) is 24.5 Å². The summed E-state index contributed by atoms with van der Waals surface area (Å²) < 4.78 is 13.9. The molecular formula is C25H30N6O4. The van der Waals surface area contributed by atoms with E-state index < -0.39 is 5.97 Å². The maximum absolute atomic E-state index is 11.5. The lowest BCUT2D eigenvalue weighted by atomic mass is 9.92. The normalized spacial score (nSPS) is 23.3. The Morgan fingerprint density at radius 1 is 1.23 bits per heavy atom. The zero-order chi connectivity index (χ0) is 24.5. The van der Waals surface area contributed by atoms with Crippen LogP contribution in [0.15, 0.2) is 24.5 Å². The molecule has 1 N–H and O–H groups in total. The highest BCUT2D eigenvalue weighted by molar-refractivity contribution is 5.71. The van der Waals surface area contributed by atoms with Crippen LogP contribution in [0.4, 0.5) is 0 Å². The summed E-state index contributed by atoms with van der Waals surface area (Å²) in [4.78, 5) is 24.7. The molecule has 0 amide bonds. The van der Waals surface area contributed by atoms with Gasteiger partial charge in [0.1, 0.15) is 30.1 Å². The Morgan fingerprint density at radius 2 is 2.09 bits per heavy atom. The van der Waals surface area contributed by atoms with Crippen molar-refractivity contribution in [2.45, 2.75) is 58.7 Å². The zero-order valence-electron chi connectivity index (χ0n) is 20.2. The molecule has 5 rings (SSSR count). The SMILES string of the molecule is CCc1cc(OCc2c(-c3ccc(O[C@@H]4C[C@H]5CC[C@@H](C(=O)O)[C@H]5C4)c(C)n3)nnn2C)ncn1. The molecule has 0 saturated heterocycles. The van der Waals surface area contributed by atoms with Crippen molar-refractivity contribution in [3.05, 3.63) is 41.6 Å². The number of pyridine rings is 1. The average molecular weight is 479 g/mol. The number of carbonyl (C=O) groups is 1. The van der Waals surface area contributed by atoms with Gasteiger partial charge in [0.2, 0.25) is 5.88 Å². The molecule has 2 saturated carbocycles. The first-order chi connectivity index (χ1) is 16.9. The maximum Gasteiger partial charge on any atom is 0.306 e. The second-order valence-corrected chi connectivity index (χ2v) is 9.44. The molecule has 10 heteroatoms. The van der Waals surface area contributed by atoms with Crippen molar-refractivity contribution in [3.8, 4) is 23.0 Å². The smallest absolute Gasteiger partial charge is 0.306 e. The number of aliphatic carboxylic acids is 1. The summed E-state index contributed by atoms with van der Waals surface area (Å²) in [5.41, 5.74) is 3.79. The molecule has 3 heterocycles. The number of rotatable bonds is 8. The third-order valence-electron chi connectivity index (χ3n) is 7.32. The third kappa shape index (κ3) is 4.69. The first-order valence-electron chi connectivity index (χ1n) is 12.1. The Morgan fingerprint density at radius 3 is 2.86 bits per heavy atom. The first kappa shape index (κ1) is 23.2. The molecule has 4 atom stereocenters. The van der Waals surface area contributed by atoms with Crippen LogP contribution in [-0.4, -0.2) is 47.1 Å². The molecule has 184 valence electrons. The van der Waals surface area contributed by atoms with Gasteiger partial charge in [0.15, 0.2) is 0 Å². The molecule has 0 radical (unpaired) electrons. The number of carboxylic acid groups (broad SMARTS) is 1. The molecular weight excluding hydrogens is 448 g/mol. The predicted molar refractivity (Wildman–Crippen MR) is 126 cm³/mol. The van der Waals surface area contributed by atoms with Gasteiger partial charge in [0, 0.05) is 18.8 Å². The number of hydrogen-bond donors (Lipinski definition) is 1. The fourth-order valence-electron chi connectivity index (χ4n) is 5.45. The monoisotopic (exact) mass is 478 g/mol. The summed E-state index contributed by atoms with van der Waals surface area (Å²) in [7, 11) is 1.82. The Labute approximate surface area is 203 Å². The topological polar surface area (TPSA) is 125 Å². The highest BCUT2D eigenvalue weighted by Gasteiger charge is 2.47. The van der Waals surface area contributed by atoms with Gasteiger partial charge in [-0.2, -0.15) is 0 Å². The maximum atomic E-state index is 11.5. The van der Waals surface area contributed by atoms with Crippen LogP contribution in [0.1, 0.15) is 49.7 Å². The Bertz CT molecular complexity index is 1230. The lowest BCUT2D eigenvalue weighted by Gasteiger charge is -2.18. The average Bonchev–Trinajstić information content (AvgIpc) is 3.53. The van der Waals surface area contributed by atoms with Crippen LogP contribution in [0.25, 0.3) is 11.4 Å². The van der Waals surface area contributed by atoms with Crippen LogP contribution in [0.2, 0.25) is 0 Å². The summed E-state index contributed by atoms with van der Waals surface area (Å²) in [6.07, 6.45) is 5.79. The van der Waals surface area contributed by atoms with E-state index >= 15 is 0 Å². The largest absolute Gasteiger partial charge is 0.489 e. The summed E-state index contributed by atoms with van der Waals surface area (Å²) in [6.45, 7) is 4.18. The molecule has 3 aromatic rings. The number of aryl methyl sites for hydroxylation is 3. The van der Waals surface area contributed by atoms with E-state index in [2.05, 4.69) is 20.3 Å². The van der Waals surface area contributed by atoms with Crippen molar-refractivity contribution in [1.82, 2.24) is 29.9 Å². The van der Waals surface area contributed by atoms with Gasteiger partial charge >= 0.3 is 5.97 Å². The molecule has 3 aromatic heterocycles. The number of fused-ring (bicyclic) bond motifs is 1. The van der Waals surface area contributed by atoms with Crippen molar-refractivity contribution in [1.29, 1.82) is 0 Å². The van der Waals surface area contributed by atoms with Crippen LogP contribution >= 0.6 is 0 Å². The van der Waals surface area contributed by atoms with Crippen molar-refractivity contribution < 1.29 is 19.4 Å². The molecule has 2 fully saturated rings. The van der Waals surface area contributed by atoms with E-state index in [0.29, 0.717) is 23.2 Å². The lowest BCUT2D eigenvalue weighted by Crippen LogP contribution is -2.21. The summed E-state index contributed by atoms with van der Waals surface area (Å²) in [5, 5.41) is 18.0. The number of nitrogens with zero attached hydrogens (tertiary/aromatic N) is 6. The lowest BCUT2D eigenvalue weighted by molar-refractivity contribution is -0.143. The van der Waals surface area contributed by atoms with Gasteiger partial charge < -0.3 is 14.6 Å². The van der Waals surface area contributed by atoms with E-state index in [1.807, 2.05) is 39.1 Å². The fraction of sp³-hybridized carbons (Fsp3) is 0.520. The van der Waals surface area contributed by atoms with Crippen molar-refractivity contribution in [2.75, 3.05) is 0 Å². The Hall–Kier alpha value is -3.56. The fourth-order valence-corrected chi connectivity index (χ4v) is 5.45. The second-order valence-electron chi connectivity index (χ2n) is 9.44. The Balaban J connectivity index is 1.28. The minimum absolute atomic E-state index is 0.0276. The summed E-state index contributed by atoms with van der Waals surface area (Å²) in [6, 6.07) is 5.62. The van der Waals surface area contributed by atoms with Gasteiger partial charge in [-0.25, -0.2) is 19.6 Å². The summed E-state index contributed by atoms with van der Waals surface area (Å²) in [5.74, 6) is 0.983. The number of ether oxygens (including phenoxy) is 2. The van der Waals surface area contributed by atoms with E-state index in [1.54, 1.807) is 4.68 Å². The minimum Gasteiger partial charge on any atom is -0.489 e. The van der Waals surface area contributed by atoms with Crippen molar-refractivity contribution in [2.24, 2.45) is 24.8 Å². The van der Waals surface area contributed by atoms with Crippen LogP contribution < -0.4 is 9.47 Å². The standard InChI is InChI=1S/C25H30N6O4/c1-4-16-10-23(27-13-26-16)34-12-21-24(29-30-31(21)3)20-7-8-22(14(2)28-20)35-17-9-15-5-6-18(25(32)33)19(15)11-17/h7-8,10,13,15,17-19H,4-6,9,11-12H2,1-3H3,(H,32,33)/t15-,17-,18-,19+/m1/s1. The van der Waals surface area contributed by atoms with Crippen molar-refractivity contribution in [3.63, 3.8) is 0 Å². The highest BCUT2D eigenvalue weighted by Crippen LogP contribution is 2.48.